The van der Waals surface area contributed by atoms with E-state index in [2.05, 4.69) is 9.98 Å². The first-order valence-electron chi connectivity index (χ1n) is 10.1. The summed E-state index contributed by atoms with van der Waals surface area (Å²) in [5, 5.41) is 0. The lowest BCUT2D eigenvalue weighted by Crippen LogP contribution is -2.59. The van der Waals surface area contributed by atoms with Crippen LogP contribution in [0.2, 0.25) is 0 Å². The summed E-state index contributed by atoms with van der Waals surface area (Å²) < 4.78 is 83.9. The topological polar surface area (TPSA) is 28.0 Å². The van der Waals surface area contributed by atoms with Crippen molar-refractivity contribution < 1.29 is 26.3 Å². The third-order valence-electron chi connectivity index (χ3n) is 5.15. The van der Waals surface area contributed by atoms with Gasteiger partial charge in [-0.15, -0.1) is 0 Å². The zero-order chi connectivity index (χ0) is 23.7. The number of aliphatic imine (C=N–C) groups is 2. The summed E-state index contributed by atoms with van der Waals surface area (Å²) in [6, 6.07) is 15.8. The van der Waals surface area contributed by atoms with Gasteiger partial charge in [-0.2, -0.15) is 26.3 Å². The highest BCUT2D eigenvalue weighted by molar-refractivity contribution is 6.11. The number of hydrogen-bond acceptors (Lipinski definition) is 3. The largest absolute Gasteiger partial charge is 0.443 e. The maximum Gasteiger partial charge on any atom is 0.443 e. The van der Waals surface area contributed by atoms with E-state index >= 15 is 0 Å². The van der Waals surface area contributed by atoms with E-state index in [0.29, 0.717) is 5.56 Å². The third kappa shape index (κ3) is 4.38. The second kappa shape index (κ2) is 8.60. The molecule has 0 spiro atoms. The van der Waals surface area contributed by atoms with Crippen LogP contribution in [0.4, 0.5) is 26.3 Å². The lowest BCUT2D eigenvalue weighted by molar-refractivity contribution is -0.293. The predicted octanol–water partition coefficient (Wildman–Crippen LogP) is 6.78. The first-order valence-corrected chi connectivity index (χ1v) is 10.1. The molecule has 0 fully saturated rings. The van der Waals surface area contributed by atoms with Crippen molar-refractivity contribution in [1.29, 1.82) is 0 Å². The average Bonchev–Trinajstić information content (AvgIpc) is 2.72. The first kappa shape index (κ1) is 23.8. The molecule has 2 aromatic rings. The molecule has 32 heavy (non-hydrogen) atoms. The zero-order valence-corrected chi connectivity index (χ0v) is 17.7. The molecule has 2 aromatic carbocycles. The van der Waals surface area contributed by atoms with Gasteiger partial charge in [0.1, 0.15) is 11.7 Å². The van der Waals surface area contributed by atoms with Gasteiger partial charge in [-0.3, -0.25) is 0 Å². The van der Waals surface area contributed by atoms with Crippen LogP contribution in [0.5, 0.6) is 0 Å². The van der Waals surface area contributed by atoms with E-state index in [9.17, 15) is 26.3 Å². The van der Waals surface area contributed by atoms with Crippen molar-refractivity contribution in [1.82, 2.24) is 4.90 Å². The second-order valence-electron chi connectivity index (χ2n) is 8.05. The number of benzene rings is 2. The summed E-state index contributed by atoms with van der Waals surface area (Å²) in [5.74, 6) is -0.962. The van der Waals surface area contributed by atoms with Crippen LogP contribution in [0.25, 0.3) is 0 Å². The fourth-order valence-corrected chi connectivity index (χ4v) is 3.60. The second-order valence-corrected chi connectivity index (χ2v) is 8.05. The fourth-order valence-electron chi connectivity index (χ4n) is 3.60. The van der Waals surface area contributed by atoms with Crippen molar-refractivity contribution in [2.24, 2.45) is 15.9 Å². The van der Waals surface area contributed by atoms with Crippen LogP contribution in [-0.2, 0) is 0 Å². The molecule has 1 aliphatic heterocycles. The Kier molecular flexibility index (Phi) is 6.40. The Hall–Kier alpha value is -2.84. The summed E-state index contributed by atoms with van der Waals surface area (Å²) in [6.45, 7) is 5.13. The summed E-state index contributed by atoms with van der Waals surface area (Å²) in [6.07, 6.45) is -11.6. The van der Waals surface area contributed by atoms with Crippen LogP contribution in [0.1, 0.15) is 44.4 Å². The SMILES string of the molecule is CC(C)CC1=NC(C(F)(F)F)(C(F)(F)F)N=C(c2ccccc2)N1C(C)c1ccccc1. The maximum atomic E-state index is 14.0. The van der Waals surface area contributed by atoms with Crippen LogP contribution in [0, 0.1) is 5.92 Å². The van der Waals surface area contributed by atoms with Crippen LogP contribution in [0.15, 0.2) is 70.6 Å². The molecule has 0 bridgehead atoms. The molecule has 1 aliphatic rings. The molecule has 0 saturated heterocycles. The first-order chi connectivity index (χ1) is 14.9. The van der Waals surface area contributed by atoms with Crippen molar-refractivity contribution in [2.75, 3.05) is 0 Å². The summed E-state index contributed by atoms with van der Waals surface area (Å²) in [5.41, 5.74) is -3.72. The Morgan fingerprint density at radius 1 is 0.781 bits per heavy atom. The molecule has 172 valence electrons. The standard InChI is InChI=1S/C23H23F6N3/c1-15(2)14-19-30-21(22(24,25)26,23(27,28)29)31-20(18-12-8-5-9-13-18)32(19)16(3)17-10-6-4-7-11-17/h4-13,15-16H,14H2,1-3H3. The summed E-state index contributed by atoms with van der Waals surface area (Å²) in [4.78, 5) is 8.01. The Morgan fingerprint density at radius 3 is 1.75 bits per heavy atom. The number of rotatable bonds is 5. The number of nitrogens with zero attached hydrogens (tertiary/aromatic N) is 3. The number of halogens is 6. The molecular weight excluding hydrogens is 432 g/mol. The fraction of sp³-hybridized carbons (Fsp3) is 0.391. The molecule has 1 atom stereocenters. The van der Waals surface area contributed by atoms with E-state index in [1.807, 2.05) is 0 Å². The van der Waals surface area contributed by atoms with E-state index in [4.69, 9.17) is 0 Å². The van der Waals surface area contributed by atoms with Crippen LogP contribution < -0.4 is 0 Å². The highest BCUT2D eigenvalue weighted by atomic mass is 19.4. The molecule has 0 amide bonds. The van der Waals surface area contributed by atoms with Crippen molar-refractivity contribution >= 4 is 11.7 Å². The highest BCUT2D eigenvalue weighted by Gasteiger charge is 2.74. The van der Waals surface area contributed by atoms with Crippen LogP contribution >= 0.6 is 0 Å². The van der Waals surface area contributed by atoms with Crippen molar-refractivity contribution in [2.45, 2.75) is 51.2 Å². The molecule has 9 heteroatoms. The van der Waals surface area contributed by atoms with Gasteiger partial charge in [0.25, 0.3) is 0 Å². The summed E-state index contributed by atoms with van der Waals surface area (Å²) in [7, 11) is 0. The van der Waals surface area contributed by atoms with Gasteiger partial charge in [0.05, 0.1) is 6.04 Å². The lowest BCUT2D eigenvalue weighted by atomic mass is 9.99. The van der Waals surface area contributed by atoms with Gasteiger partial charge in [0, 0.05) is 12.0 Å². The molecule has 0 radical (unpaired) electrons. The molecule has 3 rings (SSSR count). The molecule has 3 nitrogen and oxygen atoms in total. The van der Waals surface area contributed by atoms with Gasteiger partial charge in [-0.25, -0.2) is 9.98 Å². The number of alkyl halides is 6. The van der Waals surface area contributed by atoms with E-state index < -0.39 is 29.9 Å². The van der Waals surface area contributed by atoms with E-state index in [-0.39, 0.29) is 23.7 Å². The van der Waals surface area contributed by atoms with Gasteiger partial charge in [-0.1, -0.05) is 74.5 Å². The molecule has 1 unspecified atom stereocenters. The zero-order valence-electron chi connectivity index (χ0n) is 17.7. The third-order valence-corrected chi connectivity index (χ3v) is 5.15. The van der Waals surface area contributed by atoms with Gasteiger partial charge in [-0.05, 0) is 18.4 Å². The summed E-state index contributed by atoms with van der Waals surface area (Å²) >= 11 is 0. The minimum Gasteiger partial charge on any atom is -0.307 e. The molecule has 0 aliphatic carbocycles. The Bertz CT molecular complexity index is 964. The molecule has 1 heterocycles. The van der Waals surface area contributed by atoms with Crippen LogP contribution in [-0.4, -0.2) is 34.6 Å². The normalized spacial score (nSPS) is 17.8. The Labute approximate surface area is 182 Å². The predicted molar refractivity (Wildman–Crippen MR) is 111 cm³/mol. The van der Waals surface area contributed by atoms with Gasteiger partial charge in [0.15, 0.2) is 0 Å². The molecular formula is C23H23F6N3. The van der Waals surface area contributed by atoms with E-state index in [0.717, 1.165) is 0 Å². The molecule has 0 N–H and O–H groups in total. The average molecular weight is 455 g/mol. The highest BCUT2D eigenvalue weighted by Crippen LogP contribution is 2.50. The smallest absolute Gasteiger partial charge is 0.307 e. The van der Waals surface area contributed by atoms with Crippen molar-refractivity contribution in [3.63, 3.8) is 0 Å². The van der Waals surface area contributed by atoms with Crippen molar-refractivity contribution in [3.05, 3.63) is 71.8 Å². The number of amidine groups is 2. The Morgan fingerprint density at radius 2 is 1.28 bits per heavy atom. The number of hydrogen-bond donors (Lipinski definition) is 0. The van der Waals surface area contributed by atoms with Crippen molar-refractivity contribution in [3.8, 4) is 0 Å². The van der Waals surface area contributed by atoms with E-state index in [1.165, 1.54) is 17.0 Å². The minimum absolute atomic E-state index is 0.0864. The Balaban J connectivity index is 2.33. The minimum atomic E-state index is -5.77. The van der Waals surface area contributed by atoms with Gasteiger partial charge in [0.2, 0.25) is 0 Å². The van der Waals surface area contributed by atoms with Gasteiger partial charge >= 0.3 is 18.0 Å². The molecule has 0 aromatic heterocycles. The lowest BCUT2D eigenvalue weighted by Gasteiger charge is -2.42. The quantitative estimate of drug-likeness (QED) is 0.457. The van der Waals surface area contributed by atoms with E-state index in [1.54, 1.807) is 69.3 Å². The molecule has 0 saturated carbocycles. The maximum absolute atomic E-state index is 14.0. The monoisotopic (exact) mass is 455 g/mol. The van der Waals surface area contributed by atoms with Crippen LogP contribution in [0.3, 0.4) is 0 Å². The van der Waals surface area contributed by atoms with Gasteiger partial charge < -0.3 is 4.90 Å².